The lowest BCUT2D eigenvalue weighted by molar-refractivity contribution is -0.000213. The van der Waals surface area contributed by atoms with Gasteiger partial charge in [0, 0.05) is 38.2 Å². The Morgan fingerprint density at radius 1 is 1.19 bits per heavy atom. The summed E-state index contributed by atoms with van der Waals surface area (Å²) in [6.45, 7) is 5.07. The molecule has 168 valence electrons. The van der Waals surface area contributed by atoms with Crippen LogP contribution in [-0.2, 0) is 9.47 Å². The molecule has 31 heavy (non-hydrogen) atoms. The van der Waals surface area contributed by atoms with Gasteiger partial charge in [-0.05, 0) is 19.3 Å². The van der Waals surface area contributed by atoms with Crippen LogP contribution in [0.25, 0.3) is 10.2 Å². The van der Waals surface area contributed by atoms with E-state index in [1.165, 1.54) is 18.4 Å². The number of amides is 2. The number of carbonyl (C=O) groups excluding carboxylic acids is 1. The number of urea groups is 1. The molecule has 11 heteroatoms. The highest BCUT2D eigenvalue weighted by Gasteiger charge is 2.41. The zero-order valence-electron chi connectivity index (χ0n) is 17.5. The molecule has 5 heterocycles. The number of pyridine rings is 1. The Morgan fingerprint density at radius 2 is 2.03 bits per heavy atom. The summed E-state index contributed by atoms with van der Waals surface area (Å²) in [7, 11) is 1.43. The minimum Gasteiger partial charge on any atom is -0.479 e. The normalized spacial score (nSPS) is 24.2. The number of ether oxygens (including phenoxy) is 3. The summed E-state index contributed by atoms with van der Waals surface area (Å²) in [4.78, 5) is 25.1. The van der Waals surface area contributed by atoms with Crippen molar-refractivity contribution in [2.45, 2.75) is 19.3 Å². The largest absolute Gasteiger partial charge is 0.479 e. The van der Waals surface area contributed by atoms with Crippen molar-refractivity contribution in [1.29, 1.82) is 0 Å². The first-order valence-corrected chi connectivity index (χ1v) is 11.4. The second kappa shape index (κ2) is 8.36. The smallest absolute Gasteiger partial charge is 0.323 e. The molecule has 9 nitrogen and oxygen atoms in total. The van der Waals surface area contributed by atoms with E-state index >= 15 is 0 Å². The number of morpholine rings is 1. The molecule has 2 aromatic rings. The minimum atomic E-state index is -0.605. The van der Waals surface area contributed by atoms with E-state index in [9.17, 15) is 9.18 Å². The van der Waals surface area contributed by atoms with Crippen LogP contribution in [0.2, 0.25) is 0 Å². The molecular formula is C20H26FN5O4S. The van der Waals surface area contributed by atoms with Gasteiger partial charge in [-0.25, -0.2) is 9.78 Å². The van der Waals surface area contributed by atoms with Gasteiger partial charge in [-0.15, -0.1) is 0 Å². The molecule has 0 aromatic carbocycles. The number of halogens is 1. The molecule has 1 spiro atoms. The van der Waals surface area contributed by atoms with E-state index in [2.05, 4.69) is 15.3 Å². The van der Waals surface area contributed by atoms with Gasteiger partial charge >= 0.3 is 6.03 Å². The highest BCUT2D eigenvalue weighted by atomic mass is 32.1. The zero-order valence-corrected chi connectivity index (χ0v) is 18.3. The zero-order chi connectivity index (χ0) is 21.4. The van der Waals surface area contributed by atoms with Crippen molar-refractivity contribution >= 4 is 38.4 Å². The van der Waals surface area contributed by atoms with E-state index in [-0.39, 0.29) is 17.3 Å². The van der Waals surface area contributed by atoms with Gasteiger partial charge in [0.1, 0.15) is 11.2 Å². The molecule has 2 amide bonds. The van der Waals surface area contributed by atoms with Crippen molar-refractivity contribution < 1.29 is 23.4 Å². The number of hydrogen-bond acceptors (Lipinski definition) is 8. The van der Waals surface area contributed by atoms with Crippen LogP contribution in [0.15, 0.2) is 0 Å². The number of nitrogens with one attached hydrogen (secondary N) is 1. The fourth-order valence-electron chi connectivity index (χ4n) is 4.68. The quantitative estimate of drug-likeness (QED) is 0.718. The summed E-state index contributed by atoms with van der Waals surface area (Å²) in [5.41, 5.74) is 0.906. The first-order chi connectivity index (χ1) is 15.1. The molecular weight excluding hydrogens is 425 g/mol. The molecule has 5 rings (SSSR count). The molecule has 0 radical (unpaired) electrons. The first kappa shape index (κ1) is 20.7. The predicted octanol–water partition coefficient (Wildman–Crippen LogP) is 2.71. The van der Waals surface area contributed by atoms with Gasteiger partial charge in [-0.2, -0.15) is 9.37 Å². The third-order valence-corrected chi connectivity index (χ3v) is 7.28. The molecule has 1 N–H and O–H groups in total. The average Bonchev–Trinajstić information content (AvgIpc) is 3.39. The van der Waals surface area contributed by atoms with Gasteiger partial charge < -0.3 is 24.0 Å². The van der Waals surface area contributed by atoms with Crippen molar-refractivity contribution in [3.05, 3.63) is 5.95 Å². The maximum absolute atomic E-state index is 14.9. The summed E-state index contributed by atoms with van der Waals surface area (Å²) in [5.74, 6) is -0.493. The fraction of sp³-hybridized carbons (Fsp3) is 0.650. The Kier molecular flexibility index (Phi) is 5.57. The van der Waals surface area contributed by atoms with Crippen molar-refractivity contribution in [2.75, 3.05) is 69.9 Å². The molecule has 0 bridgehead atoms. The number of likely N-dealkylation sites (tertiary alicyclic amines) is 1. The molecule has 0 unspecified atom stereocenters. The molecule has 3 aliphatic heterocycles. The summed E-state index contributed by atoms with van der Waals surface area (Å²) < 4.78 is 31.8. The molecule has 2 aromatic heterocycles. The van der Waals surface area contributed by atoms with Crippen LogP contribution in [0.3, 0.4) is 0 Å². The number of nitrogens with zero attached hydrogens (tertiary/aromatic N) is 4. The minimum absolute atomic E-state index is 0.0724. The highest BCUT2D eigenvalue weighted by Crippen LogP contribution is 2.41. The number of fused-ring (bicyclic) bond motifs is 1. The predicted molar refractivity (Wildman–Crippen MR) is 115 cm³/mol. The van der Waals surface area contributed by atoms with Gasteiger partial charge in [0.2, 0.25) is 11.8 Å². The number of anilines is 2. The van der Waals surface area contributed by atoms with Crippen LogP contribution in [0, 0.1) is 11.4 Å². The van der Waals surface area contributed by atoms with Crippen molar-refractivity contribution in [3.63, 3.8) is 0 Å². The molecule has 0 saturated carbocycles. The van der Waals surface area contributed by atoms with Gasteiger partial charge in [0.15, 0.2) is 5.13 Å². The van der Waals surface area contributed by atoms with E-state index in [4.69, 9.17) is 14.2 Å². The fourth-order valence-corrected chi connectivity index (χ4v) is 5.69. The Morgan fingerprint density at radius 3 is 2.77 bits per heavy atom. The summed E-state index contributed by atoms with van der Waals surface area (Å²) in [6, 6.07) is -0.193. The molecule has 0 aliphatic carbocycles. The molecule has 1 atom stereocenters. The Labute approximate surface area is 183 Å². The Hall–Kier alpha value is -2.24. The topological polar surface area (TPSA) is 89.1 Å². The standard InChI is InChI=1S/C20H26FN5O4S/c1-28-17-13-15(14(16(21)23-17)25-6-9-29-10-7-25)31-18(22-13)24-19(27)26-5-4-20(11-26)3-2-8-30-12-20/h2-12H2,1H3,(H,22,24,27)/t20-/m0/s1. The van der Waals surface area contributed by atoms with Crippen LogP contribution in [0.4, 0.5) is 20.0 Å². The maximum Gasteiger partial charge on any atom is 0.323 e. The number of carbonyl (C=O) groups is 1. The number of methoxy groups -OCH3 is 1. The lowest BCUT2D eigenvalue weighted by atomic mass is 9.82. The summed E-state index contributed by atoms with van der Waals surface area (Å²) in [5, 5.41) is 3.30. The van der Waals surface area contributed by atoms with E-state index in [0.29, 0.717) is 67.0 Å². The monoisotopic (exact) mass is 451 g/mol. The second-order valence-electron chi connectivity index (χ2n) is 8.31. The maximum atomic E-state index is 14.9. The van der Waals surface area contributed by atoms with Crippen LogP contribution < -0.4 is 15.0 Å². The molecule has 3 fully saturated rings. The van der Waals surface area contributed by atoms with Crippen molar-refractivity contribution in [2.24, 2.45) is 5.41 Å². The average molecular weight is 452 g/mol. The number of rotatable bonds is 3. The SMILES string of the molecule is COc1nc(F)c(N2CCOCC2)c2sc(NC(=O)N3CC[C@@]4(CCCOC4)C3)nc12. The van der Waals surface area contributed by atoms with E-state index in [0.717, 1.165) is 25.9 Å². The van der Waals surface area contributed by atoms with Crippen molar-refractivity contribution in [1.82, 2.24) is 14.9 Å². The van der Waals surface area contributed by atoms with Crippen LogP contribution in [0.5, 0.6) is 5.88 Å². The van der Waals surface area contributed by atoms with Crippen LogP contribution >= 0.6 is 11.3 Å². The van der Waals surface area contributed by atoms with Crippen LogP contribution in [-0.4, -0.2) is 80.6 Å². The van der Waals surface area contributed by atoms with E-state index < -0.39 is 5.95 Å². The van der Waals surface area contributed by atoms with Gasteiger partial charge in [0.05, 0.1) is 31.6 Å². The molecule has 3 aliphatic rings. The Balaban J connectivity index is 1.39. The third kappa shape index (κ3) is 3.90. The number of hydrogen-bond donors (Lipinski definition) is 1. The van der Waals surface area contributed by atoms with E-state index in [1.807, 2.05) is 9.80 Å². The summed E-state index contributed by atoms with van der Waals surface area (Å²) >= 11 is 1.24. The third-order valence-electron chi connectivity index (χ3n) is 6.30. The van der Waals surface area contributed by atoms with Gasteiger partial charge in [-0.1, -0.05) is 11.3 Å². The van der Waals surface area contributed by atoms with Crippen molar-refractivity contribution in [3.8, 4) is 5.88 Å². The lowest BCUT2D eigenvalue weighted by Gasteiger charge is -2.32. The highest BCUT2D eigenvalue weighted by molar-refractivity contribution is 7.23. The van der Waals surface area contributed by atoms with Crippen LogP contribution in [0.1, 0.15) is 19.3 Å². The molecule has 3 saturated heterocycles. The van der Waals surface area contributed by atoms with Gasteiger partial charge in [0.25, 0.3) is 0 Å². The lowest BCUT2D eigenvalue weighted by Crippen LogP contribution is -2.38. The number of aromatic nitrogens is 2. The number of thiazole rings is 1. The second-order valence-corrected chi connectivity index (χ2v) is 9.31. The van der Waals surface area contributed by atoms with E-state index in [1.54, 1.807) is 0 Å². The van der Waals surface area contributed by atoms with Gasteiger partial charge in [-0.3, -0.25) is 5.32 Å². The summed E-state index contributed by atoms with van der Waals surface area (Å²) in [6.07, 6.45) is 3.07. The Bertz CT molecular complexity index is 974. The first-order valence-electron chi connectivity index (χ1n) is 10.6.